The van der Waals surface area contributed by atoms with Crippen LogP contribution in [0.2, 0.25) is 0 Å². The molecule has 2 aliphatic heterocycles. The van der Waals surface area contributed by atoms with Crippen molar-refractivity contribution in [3.8, 4) is 0 Å². The van der Waals surface area contributed by atoms with Crippen LogP contribution in [0, 0.1) is 5.92 Å². The number of rotatable bonds is 4. The first-order valence-corrected chi connectivity index (χ1v) is 10.6. The summed E-state index contributed by atoms with van der Waals surface area (Å²) >= 11 is 1.05. The Morgan fingerprint density at radius 3 is 2.93 bits per heavy atom. The Morgan fingerprint density at radius 1 is 1.37 bits per heavy atom. The molecule has 7 nitrogen and oxygen atoms in total. The van der Waals surface area contributed by atoms with Gasteiger partial charge in [0.15, 0.2) is 0 Å². The number of carbonyl (C=O) groups is 1. The number of aliphatic hydroxyl groups excluding tert-OH is 1. The molecule has 1 fully saturated rings. The summed E-state index contributed by atoms with van der Waals surface area (Å²) in [6, 6.07) is 3.11. The van der Waals surface area contributed by atoms with Gasteiger partial charge in [0, 0.05) is 19.3 Å². The SMILES string of the molecule is O=C1N=CC=C2C=C(F)C(NS(=O)(=O)c3ccc(N4CC[C@@H](O)C4)s3)=CC12. The molecule has 4 rings (SSSR count). The molecule has 1 aliphatic carbocycles. The van der Waals surface area contributed by atoms with Gasteiger partial charge in [-0.25, -0.2) is 17.8 Å². The number of hydrogen-bond donors (Lipinski definition) is 2. The molecule has 10 heteroatoms. The van der Waals surface area contributed by atoms with Gasteiger partial charge in [0.1, 0.15) is 10.0 Å². The lowest BCUT2D eigenvalue weighted by molar-refractivity contribution is -0.119. The minimum Gasteiger partial charge on any atom is -0.391 e. The summed E-state index contributed by atoms with van der Waals surface area (Å²) < 4.78 is 41.9. The van der Waals surface area contributed by atoms with Gasteiger partial charge in [-0.2, -0.15) is 0 Å². The number of anilines is 1. The Bertz CT molecular complexity index is 1020. The molecule has 2 N–H and O–H groups in total. The summed E-state index contributed by atoms with van der Waals surface area (Å²) in [5.41, 5.74) is 0.163. The summed E-state index contributed by atoms with van der Waals surface area (Å²) in [7, 11) is -4.01. The van der Waals surface area contributed by atoms with Gasteiger partial charge in [-0.3, -0.25) is 9.52 Å². The fourth-order valence-electron chi connectivity index (χ4n) is 3.14. The second-order valence-electron chi connectivity index (χ2n) is 6.42. The maximum absolute atomic E-state index is 14.3. The molecule has 0 radical (unpaired) electrons. The van der Waals surface area contributed by atoms with Crippen LogP contribution in [0.15, 0.2) is 56.7 Å². The number of sulfonamides is 1. The van der Waals surface area contributed by atoms with Crippen molar-refractivity contribution in [1.82, 2.24) is 4.72 Å². The van der Waals surface area contributed by atoms with E-state index in [4.69, 9.17) is 0 Å². The van der Waals surface area contributed by atoms with E-state index in [0.29, 0.717) is 25.1 Å². The molecule has 0 spiro atoms. The number of dihydropyridines is 1. The van der Waals surface area contributed by atoms with Gasteiger partial charge in [-0.05, 0) is 42.4 Å². The van der Waals surface area contributed by atoms with E-state index in [2.05, 4.69) is 9.71 Å². The summed E-state index contributed by atoms with van der Waals surface area (Å²) in [5.74, 6) is -2.03. The monoisotopic (exact) mass is 409 g/mol. The number of carbonyl (C=O) groups excluding carboxylic acids is 1. The van der Waals surface area contributed by atoms with Crippen LogP contribution in [0.1, 0.15) is 6.42 Å². The Labute approximate surface area is 159 Å². The average molecular weight is 409 g/mol. The molecule has 2 atom stereocenters. The van der Waals surface area contributed by atoms with Gasteiger partial charge in [0.25, 0.3) is 15.9 Å². The van der Waals surface area contributed by atoms with E-state index in [1.54, 1.807) is 6.07 Å². The van der Waals surface area contributed by atoms with Crippen LogP contribution in [-0.2, 0) is 14.8 Å². The van der Waals surface area contributed by atoms with E-state index in [-0.39, 0.29) is 9.91 Å². The van der Waals surface area contributed by atoms with Crippen LogP contribution in [0.25, 0.3) is 0 Å². The molecule has 3 heterocycles. The number of halogens is 1. The number of thiophene rings is 1. The minimum atomic E-state index is -4.01. The number of amides is 1. The molecular formula is C17H16FN3O4S2. The summed E-state index contributed by atoms with van der Waals surface area (Å²) in [6.45, 7) is 1.10. The zero-order valence-electron chi connectivity index (χ0n) is 14.0. The molecule has 0 saturated carbocycles. The fraction of sp³-hybridized carbons (Fsp3) is 0.294. The smallest absolute Gasteiger partial charge is 0.271 e. The molecule has 1 aromatic heterocycles. The van der Waals surface area contributed by atoms with E-state index in [1.807, 2.05) is 4.90 Å². The van der Waals surface area contributed by atoms with Crippen LogP contribution < -0.4 is 9.62 Å². The highest BCUT2D eigenvalue weighted by Crippen LogP contribution is 2.34. The number of nitrogens with zero attached hydrogens (tertiary/aromatic N) is 2. The second-order valence-corrected chi connectivity index (χ2v) is 9.39. The number of nitrogens with one attached hydrogen (secondary N) is 1. The van der Waals surface area contributed by atoms with E-state index < -0.39 is 33.8 Å². The maximum Gasteiger partial charge on any atom is 0.271 e. The van der Waals surface area contributed by atoms with Crippen LogP contribution in [0.4, 0.5) is 9.39 Å². The number of hydrogen-bond acceptors (Lipinski definition) is 6. The van der Waals surface area contributed by atoms with Gasteiger partial charge < -0.3 is 10.0 Å². The normalized spacial score (nSPS) is 25.0. The summed E-state index contributed by atoms with van der Waals surface area (Å²) in [4.78, 5) is 17.4. The third-order valence-corrected chi connectivity index (χ3v) is 7.53. The highest BCUT2D eigenvalue weighted by molar-refractivity contribution is 7.91. The average Bonchev–Trinajstić information content (AvgIpc) is 3.25. The predicted octanol–water partition coefficient (Wildman–Crippen LogP) is 1.50. The lowest BCUT2D eigenvalue weighted by Crippen LogP contribution is -2.27. The van der Waals surface area contributed by atoms with E-state index >= 15 is 0 Å². The van der Waals surface area contributed by atoms with Gasteiger partial charge in [-0.1, -0.05) is 0 Å². The molecule has 1 amide bonds. The first-order chi connectivity index (χ1) is 12.8. The number of fused-ring (bicyclic) bond motifs is 1. The van der Waals surface area contributed by atoms with Crippen molar-refractivity contribution in [1.29, 1.82) is 0 Å². The lowest BCUT2D eigenvalue weighted by atomic mass is 9.90. The van der Waals surface area contributed by atoms with Crippen LogP contribution in [0.3, 0.4) is 0 Å². The molecular weight excluding hydrogens is 393 g/mol. The molecule has 142 valence electrons. The molecule has 0 aromatic carbocycles. The summed E-state index contributed by atoms with van der Waals surface area (Å²) in [6.07, 6.45) is 5.40. The highest BCUT2D eigenvalue weighted by atomic mass is 32.2. The maximum atomic E-state index is 14.3. The van der Waals surface area contributed by atoms with Crippen LogP contribution in [0.5, 0.6) is 0 Å². The Morgan fingerprint density at radius 2 is 2.19 bits per heavy atom. The van der Waals surface area contributed by atoms with Gasteiger partial charge in [-0.15, -0.1) is 11.3 Å². The standard InChI is InChI=1S/C17H16FN3O4S2/c18-13-7-10-3-5-19-17(23)12(10)8-14(13)20-27(24,25)16-2-1-15(26-16)21-6-4-11(22)9-21/h1-3,5,7-8,11-12,20,22H,4,6,9H2/t11-,12?/m1/s1. The van der Waals surface area contributed by atoms with Crippen molar-refractivity contribution in [2.24, 2.45) is 10.9 Å². The predicted molar refractivity (Wildman–Crippen MR) is 99.8 cm³/mol. The zero-order chi connectivity index (χ0) is 19.2. The number of aliphatic imine (C=N–C) groups is 1. The number of β-amino-alcohol motifs (C(OH)–C–C–N with tert-alkyl or cyclic N) is 1. The second kappa shape index (κ2) is 6.70. The van der Waals surface area contributed by atoms with Crippen LogP contribution in [-0.4, -0.2) is 44.8 Å². The number of allylic oxidation sites excluding steroid dienone is 3. The van der Waals surface area contributed by atoms with E-state index in [0.717, 1.165) is 22.4 Å². The minimum absolute atomic E-state index is 0.0296. The third-order valence-electron chi connectivity index (χ3n) is 4.53. The first-order valence-electron chi connectivity index (χ1n) is 8.26. The fourth-order valence-corrected chi connectivity index (χ4v) is 5.54. The summed E-state index contributed by atoms with van der Waals surface area (Å²) in [5, 5.41) is 10.3. The van der Waals surface area contributed by atoms with Crippen molar-refractivity contribution in [2.45, 2.75) is 16.7 Å². The molecule has 0 bridgehead atoms. The van der Waals surface area contributed by atoms with Crippen molar-refractivity contribution in [2.75, 3.05) is 18.0 Å². The largest absolute Gasteiger partial charge is 0.391 e. The Hall–Kier alpha value is -2.30. The van der Waals surface area contributed by atoms with Gasteiger partial charge >= 0.3 is 0 Å². The Balaban J connectivity index is 1.56. The topological polar surface area (TPSA) is 99.1 Å². The molecule has 1 unspecified atom stereocenters. The van der Waals surface area contributed by atoms with Crippen molar-refractivity contribution >= 4 is 38.5 Å². The van der Waals surface area contributed by atoms with Gasteiger partial charge in [0.2, 0.25) is 0 Å². The van der Waals surface area contributed by atoms with Crippen LogP contribution >= 0.6 is 11.3 Å². The van der Waals surface area contributed by atoms with Crippen molar-refractivity contribution < 1.29 is 22.7 Å². The quantitative estimate of drug-likeness (QED) is 0.785. The first kappa shape index (κ1) is 18.1. The molecule has 27 heavy (non-hydrogen) atoms. The van der Waals surface area contributed by atoms with E-state index in [9.17, 15) is 22.7 Å². The third kappa shape index (κ3) is 3.47. The Kier molecular flexibility index (Phi) is 4.49. The molecule has 1 saturated heterocycles. The number of aliphatic hydroxyl groups is 1. The van der Waals surface area contributed by atoms with Gasteiger partial charge in [0.05, 0.1) is 22.7 Å². The highest BCUT2D eigenvalue weighted by Gasteiger charge is 2.30. The van der Waals surface area contributed by atoms with Crippen molar-refractivity contribution in [3.63, 3.8) is 0 Å². The molecule has 3 aliphatic rings. The molecule has 1 aromatic rings. The van der Waals surface area contributed by atoms with Crippen molar-refractivity contribution in [3.05, 3.63) is 47.5 Å². The lowest BCUT2D eigenvalue weighted by Gasteiger charge is -2.21. The van der Waals surface area contributed by atoms with E-state index in [1.165, 1.54) is 24.4 Å². The zero-order valence-corrected chi connectivity index (χ0v) is 15.6.